The van der Waals surface area contributed by atoms with Gasteiger partial charge in [-0.15, -0.1) is 22.0 Å². The van der Waals surface area contributed by atoms with E-state index >= 15 is 0 Å². The molecule has 33 heavy (non-hydrogen) atoms. The van der Waals surface area contributed by atoms with Gasteiger partial charge in [-0.05, 0) is 56.5 Å². The largest absolute Gasteiger partial charge is 0.225 e. The van der Waals surface area contributed by atoms with Gasteiger partial charge in [-0.2, -0.15) is 9.90 Å². The molecule has 0 N–H and O–H groups in total. The smallest absolute Gasteiger partial charge is 0.209 e. The zero-order valence-corrected chi connectivity index (χ0v) is 21.3. The van der Waals surface area contributed by atoms with E-state index in [1.807, 2.05) is 65.5 Å². The maximum absolute atomic E-state index is 4.68. The second-order valence-electron chi connectivity index (χ2n) is 7.27. The number of thioether (sulfide) groups is 1. The van der Waals surface area contributed by atoms with Gasteiger partial charge < -0.3 is 0 Å². The number of aromatic nitrogens is 6. The number of hydrogen-bond acceptors (Lipinski definition) is 5. The third kappa shape index (κ3) is 5.10. The van der Waals surface area contributed by atoms with Crippen molar-refractivity contribution in [2.75, 3.05) is 0 Å². The molecule has 0 atom stereocenters. The number of hydrogen-bond donors (Lipinski definition) is 0. The third-order valence-corrected chi connectivity index (χ3v) is 7.30. The molecular weight excluding hydrogens is 564 g/mol. The molecule has 0 bridgehead atoms. The molecular formula is C24H18Br2N6S. The average molecular weight is 582 g/mol. The zero-order valence-electron chi connectivity index (χ0n) is 17.3. The van der Waals surface area contributed by atoms with Gasteiger partial charge in [-0.3, -0.25) is 0 Å². The molecule has 0 amide bonds. The first-order valence-electron chi connectivity index (χ1n) is 10.2. The Kier molecular flexibility index (Phi) is 6.70. The van der Waals surface area contributed by atoms with Crippen LogP contribution in [0.15, 0.2) is 99.0 Å². The zero-order chi connectivity index (χ0) is 22.6. The first-order valence-corrected chi connectivity index (χ1v) is 12.8. The maximum Gasteiger partial charge on any atom is 0.209 e. The summed E-state index contributed by atoms with van der Waals surface area (Å²) in [6.45, 7) is 0.547. The predicted molar refractivity (Wildman–Crippen MR) is 137 cm³/mol. The summed E-state index contributed by atoms with van der Waals surface area (Å²) in [6.07, 6.45) is 1.81. The summed E-state index contributed by atoms with van der Waals surface area (Å²) in [5.41, 5.74) is 4.15. The number of rotatable bonds is 7. The average Bonchev–Trinajstić information content (AvgIpc) is 3.47. The lowest BCUT2D eigenvalue weighted by Gasteiger charge is -2.10. The summed E-state index contributed by atoms with van der Waals surface area (Å²) >= 11 is 8.82. The van der Waals surface area contributed by atoms with Crippen LogP contribution in [-0.4, -0.2) is 30.0 Å². The van der Waals surface area contributed by atoms with Crippen molar-refractivity contribution < 1.29 is 0 Å². The Bertz CT molecular complexity index is 1370. The first kappa shape index (κ1) is 22.1. The number of benzene rings is 3. The lowest BCUT2D eigenvalue weighted by atomic mass is 10.2. The number of para-hydroxylation sites is 1. The van der Waals surface area contributed by atoms with E-state index in [1.54, 1.807) is 16.6 Å². The highest BCUT2D eigenvalue weighted by atomic mass is 79.9. The van der Waals surface area contributed by atoms with Crippen LogP contribution in [0.2, 0.25) is 0 Å². The molecule has 0 saturated heterocycles. The topological polar surface area (TPSA) is 61.4 Å². The lowest BCUT2D eigenvalue weighted by Crippen LogP contribution is -2.04. The minimum absolute atomic E-state index is 0.547. The second-order valence-corrected chi connectivity index (χ2v) is 10.0. The van der Waals surface area contributed by atoms with Crippen molar-refractivity contribution in [2.45, 2.75) is 17.3 Å². The van der Waals surface area contributed by atoms with Crippen molar-refractivity contribution in [1.29, 1.82) is 0 Å². The van der Waals surface area contributed by atoms with E-state index < -0.39 is 0 Å². The number of halogens is 2. The fourth-order valence-electron chi connectivity index (χ4n) is 3.32. The summed E-state index contributed by atoms with van der Waals surface area (Å²) < 4.78 is 3.94. The van der Waals surface area contributed by atoms with Crippen LogP contribution in [0.25, 0.3) is 17.1 Å². The molecule has 0 aliphatic carbocycles. The van der Waals surface area contributed by atoms with Gasteiger partial charge in [0, 0.05) is 14.7 Å². The van der Waals surface area contributed by atoms with E-state index in [2.05, 4.69) is 76.6 Å². The summed E-state index contributed by atoms with van der Waals surface area (Å²) in [4.78, 5) is 1.61. The van der Waals surface area contributed by atoms with Crippen LogP contribution in [0, 0.1) is 0 Å². The Morgan fingerprint density at radius 3 is 2.36 bits per heavy atom. The van der Waals surface area contributed by atoms with Crippen LogP contribution in [0.4, 0.5) is 0 Å². The fraction of sp³-hybridized carbons (Fsp3) is 0.0833. The van der Waals surface area contributed by atoms with Gasteiger partial charge in [0.15, 0.2) is 0 Å². The van der Waals surface area contributed by atoms with Crippen molar-refractivity contribution >= 4 is 43.6 Å². The Morgan fingerprint density at radius 1 is 0.818 bits per heavy atom. The van der Waals surface area contributed by atoms with Gasteiger partial charge in [0.25, 0.3) is 0 Å². The van der Waals surface area contributed by atoms with E-state index in [-0.39, 0.29) is 0 Å². The summed E-state index contributed by atoms with van der Waals surface area (Å²) in [5.74, 6) is 1.36. The minimum atomic E-state index is 0.547. The van der Waals surface area contributed by atoms with Crippen LogP contribution >= 0.6 is 43.6 Å². The first-order chi connectivity index (χ1) is 16.2. The van der Waals surface area contributed by atoms with Crippen molar-refractivity contribution in [1.82, 2.24) is 30.0 Å². The minimum Gasteiger partial charge on any atom is -0.225 e. The van der Waals surface area contributed by atoms with Gasteiger partial charge in [0.2, 0.25) is 5.82 Å². The highest BCUT2D eigenvalue weighted by molar-refractivity contribution is 9.10. The van der Waals surface area contributed by atoms with Gasteiger partial charge >= 0.3 is 0 Å². The van der Waals surface area contributed by atoms with E-state index in [0.29, 0.717) is 12.4 Å². The monoisotopic (exact) mass is 580 g/mol. The molecule has 164 valence electrons. The molecule has 9 heteroatoms. The Morgan fingerprint density at radius 2 is 1.58 bits per heavy atom. The molecule has 0 spiro atoms. The van der Waals surface area contributed by atoms with Crippen molar-refractivity contribution in [3.8, 4) is 17.1 Å². The quantitative estimate of drug-likeness (QED) is 0.208. The molecule has 0 fully saturated rings. The van der Waals surface area contributed by atoms with E-state index in [4.69, 9.17) is 0 Å². The standard InChI is InChI=1S/C24H18Br2N6S/c25-19-12-10-17(11-13-19)15-31-29-23(28-30-31)20-14-27-32(22-9-5-4-8-21(22)26)24(20)33-16-18-6-2-1-3-7-18/h1-14H,15-16H2. The maximum atomic E-state index is 4.68. The normalized spacial score (nSPS) is 11.1. The molecule has 6 nitrogen and oxygen atoms in total. The highest BCUT2D eigenvalue weighted by Gasteiger charge is 2.20. The van der Waals surface area contributed by atoms with Crippen LogP contribution in [-0.2, 0) is 12.3 Å². The molecule has 2 heterocycles. The van der Waals surface area contributed by atoms with Crippen LogP contribution in [0.3, 0.4) is 0 Å². The Hall–Kier alpha value is -2.75. The van der Waals surface area contributed by atoms with Crippen molar-refractivity contribution in [3.63, 3.8) is 0 Å². The SMILES string of the molecule is Brc1ccc(Cn2nnc(-c3cnn(-c4ccccc4Br)c3SCc3ccccc3)n2)cc1. The molecule has 0 aliphatic rings. The third-order valence-electron chi connectivity index (χ3n) is 4.96. The lowest BCUT2D eigenvalue weighted by molar-refractivity contribution is 0.573. The Labute approximate surface area is 212 Å². The summed E-state index contributed by atoms with van der Waals surface area (Å²) in [5, 5.41) is 18.9. The molecule has 0 saturated carbocycles. The predicted octanol–water partition coefficient (Wildman–Crippen LogP) is 6.39. The van der Waals surface area contributed by atoms with Crippen LogP contribution in [0.1, 0.15) is 11.1 Å². The fourth-order valence-corrected chi connectivity index (χ4v) is 5.10. The molecule has 2 aromatic heterocycles. The number of tetrazole rings is 1. The van der Waals surface area contributed by atoms with E-state index in [0.717, 1.165) is 36.5 Å². The van der Waals surface area contributed by atoms with Gasteiger partial charge in [0.05, 0.1) is 24.0 Å². The summed E-state index contributed by atoms with van der Waals surface area (Å²) in [6, 6.07) is 26.5. The Balaban J connectivity index is 1.48. The molecule has 0 aliphatic heterocycles. The molecule has 3 aromatic carbocycles. The molecule has 5 rings (SSSR count). The van der Waals surface area contributed by atoms with Gasteiger partial charge in [-0.1, -0.05) is 70.5 Å². The molecule has 5 aromatic rings. The van der Waals surface area contributed by atoms with Crippen LogP contribution < -0.4 is 0 Å². The molecule has 0 radical (unpaired) electrons. The summed E-state index contributed by atoms with van der Waals surface area (Å²) in [7, 11) is 0. The van der Waals surface area contributed by atoms with Crippen molar-refractivity contribution in [3.05, 3.63) is 105 Å². The highest BCUT2D eigenvalue weighted by Crippen LogP contribution is 2.35. The van der Waals surface area contributed by atoms with Crippen LogP contribution in [0.5, 0.6) is 0 Å². The molecule has 0 unspecified atom stereocenters. The van der Waals surface area contributed by atoms with E-state index in [9.17, 15) is 0 Å². The number of nitrogens with zero attached hydrogens (tertiary/aromatic N) is 6. The van der Waals surface area contributed by atoms with Crippen molar-refractivity contribution in [2.24, 2.45) is 0 Å². The van der Waals surface area contributed by atoms with Gasteiger partial charge in [0.1, 0.15) is 5.03 Å². The van der Waals surface area contributed by atoms with Gasteiger partial charge in [-0.25, -0.2) is 4.68 Å². The van der Waals surface area contributed by atoms with E-state index in [1.165, 1.54) is 5.56 Å². The second kappa shape index (κ2) is 10.0.